The van der Waals surface area contributed by atoms with Crippen molar-refractivity contribution in [3.05, 3.63) is 66.0 Å². The number of benzene rings is 1. The lowest BCUT2D eigenvalue weighted by Gasteiger charge is -2.24. The lowest BCUT2D eigenvalue weighted by molar-refractivity contribution is 0.537. The maximum Gasteiger partial charge on any atom is 0.191 e. The summed E-state index contributed by atoms with van der Waals surface area (Å²) in [5.41, 5.74) is 2.40. The van der Waals surface area contributed by atoms with Crippen molar-refractivity contribution < 1.29 is 0 Å². The second kappa shape index (κ2) is 9.06. The third-order valence-corrected chi connectivity index (χ3v) is 3.93. The van der Waals surface area contributed by atoms with E-state index in [9.17, 15) is 0 Å². The van der Waals surface area contributed by atoms with Crippen LogP contribution in [0.1, 0.15) is 32.0 Å². The average Bonchev–Trinajstić information content (AvgIpc) is 2.61. The van der Waals surface area contributed by atoms with Gasteiger partial charge in [-0.05, 0) is 24.6 Å². The summed E-state index contributed by atoms with van der Waals surface area (Å²) in [6.45, 7) is 8.93. The van der Waals surface area contributed by atoms with Crippen LogP contribution < -0.4 is 10.6 Å². The Hall–Kier alpha value is -2.36. The van der Waals surface area contributed by atoms with Gasteiger partial charge in [0, 0.05) is 36.8 Å². The van der Waals surface area contributed by atoms with Crippen molar-refractivity contribution >= 4 is 5.96 Å². The Kier molecular flexibility index (Phi) is 6.79. The minimum absolute atomic E-state index is 0.00456. The van der Waals surface area contributed by atoms with Crippen LogP contribution in [0.4, 0.5) is 0 Å². The van der Waals surface area contributed by atoms with Gasteiger partial charge in [0.1, 0.15) is 0 Å². The first-order valence-electron chi connectivity index (χ1n) is 8.59. The summed E-state index contributed by atoms with van der Waals surface area (Å²) in [5.74, 6) is 0.859. The summed E-state index contributed by atoms with van der Waals surface area (Å²) >= 11 is 0. The zero-order valence-electron chi connectivity index (χ0n) is 14.9. The van der Waals surface area contributed by atoms with Crippen molar-refractivity contribution in [3.8, 4) is 0 Å². The van der Waals surface area contributed by atoms with Crippen LogP contribution in [0.25, 0.3) is 0 Å². The van der Waals surface area contributed by atoms with Crippen molar-refractivity contribution in [2.45, 2.75) is 32.6 Å². The fraction of sp³-hybridized carbons (Fsp3) is 0.400. The van der Waals surface area contributed by atoms with E-state index in [0.717, 1.165) is 37.7 Å². The summed E-state index contributed by atoms with van der Waals surface area (Å²) in [7, 11) is 0. The van der Waals surface area contributed by atoms with E-state index in [-0.39, 0.29) is 5.41 Å². The monoisotopic (exact) mass is 324 g/mol. The van der Waals surface area contributed by atoms with Gasteiger partial charge in [-0.25, -0.2) is 0 Å². The van der Waals surface area contributed by atoms with Crippen LogP contribution >= 0.6 is 0 Å². The van der Waals surface area contributed by atoms with Gasteiger partial charge in [-0.1, -0.05) is 50.2 Å². The molecule has 0 saturated heterocycles. The highest BCUT2D eigenvalue weighted by molar-refractivity contribution is 5.79. The molecule has 0 aliphatic rings. The highest BCUT2D eigenvalue weighted by Crippen LogP contribution is 2.22. The zero-order chi connectivity index (χ0) is 17.3. The third kappa shape index (κ3) is 5.69. The minimum atomic E-state index is 0.00456. The molecule has 128 valence electrons. The summed E-state index contributed by atoms with van der Waals surface area (Å²) in [5, 5.41) is 6.70. The Bertz CT molecular complexity index is 621. The van der Waals surface area contributed by atoms with Gasteiger partial charge in [0.15, 0.2) is 5.96 Å². The molecule has 0 bridgehead atoms. The maximum absolute atomic E-state index is 4.77. The van der Waals surface area contributed by atoms with Crippen LogP contribution in [0, 0.1) is 0 Å². The van der Waals surface area contributed by atoms with Crippen LogP contribution in [0.5, 0.6) is 0 Å². The van der Waals surface area contributed by atoms with Gasteiger partial charge in [-0.2, -0.15) is 0 Å². The average molecular weight is 324 g/mol. The number of hydrogen-bond donors (Lipinski definition) is 2. The summed E-state index contributed by atoms with van der Waals surface area (Å²) in [4.78, 5) is 9.11. The first kappa shape index (κ1) is 18.0. The normalized spacial score (nSPS) is 12.0. The summed E-state index contributed by atoms with van der Waals surface area (Å²) in [6.07, 6.45) is 2.71. The largest absolute Gasteiger partial charge is 0.357 e. The Balaban J connectivity index is 1.92. The Labute approximate surface area is 145 Å². The molecule has 1 aromatic heterocycles. The summed E-state index contributed by atoms with van der Waals surface area (Å²) < 4.78 is 0. The lowest BCUT2D eigenvalue weighted by Crippen LogP contribution is -2.39. The topological polar surface area (TPSA) is 49.3 Å². The van der Waals surface area contributed by atoms with Crippen LogP contribution in [-0.2, 0) is 11.8 Å². The van der Waals surface area contributed by atoms with E-state index >= 15 is 0 Å². The molecule has 0 radical (unpaired) electrons. The molecule has 0 spiro atoms. The van der Waals surface area contributed by atoms with Crippen molar-refractivity contribution in [1.82, 2.24) is 15.6 Å². The summed E-state index contributed by atoms with van der Waals surface area (Å²) in [6, 6.07) is 16.5. The van der Waals surface area contributed by atoms with E-state index in [4.69, 9.17) is 4.99 Å². The van der Waals surface area contributed by atoms with E-state index in [0.29, 0.717) is 0 Å². The Morgan fingerprint density at radius 2 is 1.79 bits per heavy atom. The molecule has 1 aromatic carbocycles. The van der Waals surface area contributed by atoms with Crippen molar-refractivity contribution in [2.24, 2.45) is 4.99 Å². The van der Waals surface area contributed by atoms with E-state index in [1.54, 1.807) is 0 Å². The van der Waals surface area contributed by atoms with Gasteiger partial charge in [-0.3, -0.25) is 9.98 Å². The number of guanidine groups is 1. The van der Waals surface area contributed by atoms with E-state index in [2.05, 4.69) is 60.7 Å². The molecule has 1 heterocycles. The molecular weight excluding hydrogens is 296 g/mol. The van der Waals surface area contributed by atoms with E-state index in [1.807, 2.05) is 30.5 Å². The number of nitrogens with one attached hydrogen (secondary N) is 2. The standard InChI is InChI=1S/C20H28N4/c1-4-21-19(23-15-13-18-12-8-9-14-22-18)24-16-20(2,3)17-10-6-5-7-11-17/h5-12,14H,4,13,15-16H2,1-3H3,(H2,21,23,24). The molecule has 0 atom stereocenters. The molecule has 0 unspecified atom stereocenters. The van der Waals surface area contributed by atoms with Gasteiger partial charge in [0.2, 0.25) is 0 Å². The molecule has 0 saturated carbocycles. The molecule has 2 N–H and O–H groups in total. The molecule has 0 aliphatic heterocycles. The van der Waals surface area contributed by atoms with E-state index < -0.39 is 0 Å². The molecular formula is C20H28N4. The quantitative estimate of drug-likeness (QED) is 0.607. The third-order valence-electron chi connectivity index (χ3n) is 3.93. The predicted octanol–water partition coefficient (Wildman–Crippen LogP) is 3.16. The van der Waals surface area contributed by atoms with Gasteiger partial charge < -0.3 is 10.6 Å². The number of pyridine rings is 1. The molecule has 0 aliphatic carbocycles. The molecule has 4 nitrogen and oxygen atoms in total. The van der Waals surface area contributed by atoms with Crippen molar-refractivity contribution in [1.29, 1.82) is 0 Å². The van der Waals surface area contributed by atoms with Crippen molar-refractivity contribution in [3.63, 3.8) is 0 Å². The molecule has 4 heteroatoms. The molecule has 0 amide bonds. The number of aromatic nitrogens is 1. The lowest BCUT2D eigenvalue weighted by atomic mass is 9.85. The van der Waals surface area contributed by atoms with Crippen molar-refractivity contribution in [2.75, 3.05) is 19.6 Å². The highest BCUT2D eigenvalue weighted by Gasteiger charge is 2.19. The number of nitrogens with zero attached hydrogens (tertiary/aromatic N) is 2. The van der Waals surface area contributed by atoms with E-state index in [1.165, 1.54) is 5.56 Å². The second-order valence-corrected chi connectivity index (χ2v) is 6.44. The van der Waals surface area contributed by atoms with Gasteiger partial charge >= 0.3 is 0 Å². The molecule has 2 rings (SSSR count). The highest BCUT2D eigenvalue weighted by atomic mass is 15.2. The first-order valence-corrected chi connectivity index (χ1v) is 8.59. The second-order valence-electron chi connectivity index (χ2n) is 6.44. The molecule has 0 fully saturated rings. The molecule has 2 aromatic rings. The minimum Gasteiger partial charge on any atom is -0.357 e. The van der Waals surface area contributed by atoms with Gasteiger partial charge in [-0.15, -0.1) is 0 Å². The van der Waals surface area contributed by atoms with Gasteiger partial charge in [0.05, 0.1) is 6.54 Å². The Morgan fingerprint density at radius 1 is 1.04 bits per heavy atom. The number of aliphatic imine (C=N–C) groups is 1. The first-order chi connectivity index (χ1) is 11.6. The Morgan fingerprint density at radius 3 is 2.46 bits per heavy atom. The fourth-order valence-corrected chi connectivity index (χ4v) is 2.45. The smallest absolute Gasteiger partial charge is 0.191 e. The predicted molar refractivity (Wildman–Crippen MR) is 101 cm³/mol. The SMILES string of the molecule is CCNC(=NCC(C)(C)c1ccccc1)NCCc1ccccn1. The number of hydrogen-bond acceptors (Lipinski definition) is 2. The fourth-order valence-electron chi connectivity index (χ4n) is 2.45. The number of rotatable bonds is 7. The zero-order valence-corrected chi connectivity index (χ0v) is 14.9. The van der Waals surface area contributed by atoms with Gasteiger partial charge in [0.25, 0.3) is 0 Å². The maximum atomic E-state index is 4.77. The van der Waals surface area contributed by atoms with Crippen LogP contribution in [-0.4, -0.2) is 30.6 Å². The molecule has 24 heavy (non-hydrogen) atoms. The van der Waals surface area contributed by atoms with Crippen LogP contribution in [0.3, 0.4) is 0 Å². The van der Waals surface area contributed by atoms with Crippen LogP contribution in [0.15, 0.2) is 59.7 Å². The van der Waals surface area contributed by atoms with Crippen LogP contribution in [0.2, 0.25) is 0 Å².